The van der Waals surface area contributed by atoms with Gasteiger partial charge in [0.1, 0.15) is 6.10 Å². The number of halogens is 3. The van der Waals surface area contributed by atoms with E-state index in [0.29, 0.717) is 0 Å². The normalized spacial score (nSPS) is 16.1. The van der Waals surface area contributed by atoms with Gasteiger partial charge in [-0.25, -0.2) is 0 Å². The van der Waals surface area contributed by atoms with E-state index >= 15 is 0 Å². The summed E-state index contributed by atoms with van der Waals surface area (Å²) in [5.41, 5.74) is 0. The van der Waals surface area contributed by atoms with Gasteiger partial charge < -0.3 is 5.11 Å². The molecule has 1 nitrogen and oxygen atoms in total. The molecule has 1 radical (unpaired) electrons. The Balaban J connectivity index is 3.62. The molecule has 1 N–H and O–H groups in total. The molecule has 8 heavy (non-hydrogen) atoms. The number of rotatable bonds is 1. The van der Waals surface area contributed by atoms with Crippen molar-refractivity contribution in [1.29, 1.82) is 0 Å². The molecule has 0 fully saturated rings. The largest absolute Gasteiger partial charge is 0.414 e. The van der Waals surface area contributed by atoms with Crippen molar-refractivity contribution in [2.75, 3.05) is 0 Å². The van der Waals surface area contributed by atoms with E-state index in [2.05, 4.69) is 6.92 Å². The number of hydrogen-bond acceptors (Lipinski definition) is 1. The van der Waals surface area contributed by atoms with Crippen molar-refractivity contribution < 1.29 is 18.3 Å². The fraction of sp³-hybridized carbons (Fsp3) is 0.750. The van der Waals surface area contributed by atoms with Gasteiger partial charge >= 0.3 is 6.18 Å². The van der Waals surface area contributed by atoms with Crippen LogP contribution >= 0.6 is 0 Å². The topological polar surface area (TPSA) is 20.2 Å². The molecule has 0 spiro atoms. The average molecular weight is 127 g/mol. The van der Waals surface area contributed by atoms with Crippen LogP contribution in [0.15, 0.2) is 0 Å². The zero-order chi connectivity index (χ0) is 6.78. The summed E-state index contributed by atoms with van der Waals surface area (Å²) in [6.07, 6.45) is -7.28. The zero-order valence-corrected chi connectivity index (χ0v) is 4.07. The quantitative estimate of drug-likeness (QED) is 0.559. The fourth-order valence-electron chi connectivity index (χ4n) is 0.164. The van der Waals surface area contributed by atoms with Crippen molar-refractivity contribution in [3.8, 4) is 0 Å². The molecular formula is C4H6F3O. The zero-order valence-electron chi connectivity index (χ0n) is 4.07. The van der Waals surface area contributed by atoms with Crippen LogP contribution in [-0.2, 0) is 0 Å². The van der Waals surface area contributed by atoms with Gasteiger partial charge in [0, 0.05) is 0 Å². The van der Waals surface area contributed by atoms with Gasteiger partial charge in [0.2, 0.25) is 0 Å². The molecule has 1 atom stereocenters. The second-order valence-corrected chi connectivity index (χ2v) is 1.35. The fourth-order valence-corrected chi connectivity index (χ4v) is 0.164. The van der Waals surface area contributed by atoms with Crippen LogP contribution in [0.3, 0.4) is 0 Å². The average Bonchev–Trinajstić information content (AvgIpc) is 1.62. The van der Waals surface area contributed by atoms with E-state index in [1.54, 1.807) is 0 Å². The minimum absolute atomic E-state index is 0.524. The van der Waals surface area contributed by atoms with Crippen LogP contribution in [0.4, 0.5) is 13.2 Å². The molecule has 0 amide bonds. The summed E-state index contributed by atoms with van der Waals surface area (Å²) >= 11 is 0. The Morgan fingerprint density at radius 1 is 1.50 bits per heavy atom. The van der Waals surface area contributed by atoms with Gasteiger partial charge in [-0.3, -0.25) is 0 Å². The van der Waals surface area contributed by atoms with Crippen molar-refractivity contribution in [1.82, 2.24) is 0 Å². The predicted molar refractivity (Wildman–Crippen MR) is 22.0 cm³/mol. The Labute approximate surface area is 45.1 Å². The lowest BCUT2D eigenvalue weighted by molar-refractivity contribution is -0.202. The number of alkyl halides is 3. The van der Waals surface area contributed by atoms with Gasteiger partial charge in [-0.15, -0.1) is 0 Å². The summed E-state index contributed by atoms with van der Waals surface area (Å²) in [7, 11) is 0. The number of aliphatic hydroxyl groups excluding tert-OH is 1. The third-order valence-electron chi connectivity index (χ3n) is 0.651. The molecule has 0 aliphatic heterocycles. The lowest BCUT2D eigenvalue weighted by atomic mass is 10.3. The van der Waals surface area contributed by atoms with Crippen LogP contribution in [0, 0.1) is 6.92 Å². The van der Waals surface area contributed by atoms with Crippen molar-refractivity contribution in [3.05, 3.63) is 6.92 Å². The molecule has 49 valence electrons. The third kappa shape index (κ3) is 2.16. The van der Waals surface area contributed by atoms with Gasteiger partial charge in [0.05, 0.1) is 0 Å². The highest BCUT2D eigenvalue weighted by atomic mass is 19.4. The van der Waals surface area contributed by atoms with Crippen molar-refractivity contribution in [2.24, 2.45) is 0 Å². The summed E-state index contributed by atoms with van der Waals surface area (Å²) in [5.74, 6) is 0. The molecule has 0 heterocycles. The number of aliphatic hydroxyl groups is 1. The molecule has 0 aromatic carbocycles. The molecule has 0 aliphatic carbocycles. The lowest BCUT2D eigenvalue weighted by Crippen LogP contribution is -2.27. The van der Waals surface area contributed by atoms with E-state index in [9.17, 15) is 13.2 Å². The maximum Gasteiger partial charge on any atom is 0.414 e. The first-order chi connectivity index (χ1) is 3.48. The van der Waals surface area contributed by atoms with E-state index in [-0.39, 0.29) is 0 Å². The minimum Gasteiger partial charge on any atom is -0.384 e. The van der Waals surface area contributed by atoms with Crippen LogP contribution in [0.2, 0.25) is 0 Å². The molecule has 0 saturated heterocycles. The summed E-state index contributed by atoms with van der Waals surface area (Å²) in [6.45, 7) is 2.88. The van der Waals surface area contributed by atoms with E-state index in [1.165, 1.54) is 0 Å². The van der Waals surface area contributed by atoms with Crippen molar-refractivity contribution in [2.45, 2.75) is 18.7 Å². The molecular weight excluding hydrogens is 121 g/mol. The molecule has 1 unspecified atom stereocenters. The lowest BCUT2D eigenvalue weighted by Gasteiger charge is -2.10. The van der Waals surface area contributed by atoms with Gasteiger partial charge in [-0.2, -0.15) is 13.2 Å². The standard InChI is InChI=1S/C4H6F3O/c1-2-3(8)4(5,6)7/h3,8H,1-2H2. The first-order valence-electron chi connectivity index (χ1n) is 2.02. The second kappa shape index (κ2) is 2.35. The maximum absolute atomic E-state index is 11.2. The first kappa shape index (κ1) is 7.75. The monoisotopic (exact) mass is 127 g/mol. The minimum atomic E-state index is -4.50. The van der Waals surface area contributed by atoms with E-state index in [4.69, 9.17) is 5.11 Å². The van der Waals surface area contributed by atoms with E-state index < -0.39 is 18.7 Å². The SMILES string of the molecule is [CH2]CC(O)C(F)(F)F. The van der Waals surface area contributed by atoms with E-state index in [1.807, 2.05) is 0 Å². The highest BCUT2D eigenvalue weighted by Gasteiger charge is 2.36. The number of hydrogen-bond donors (Lipinski definition) is 1. The Hall–Kier alpha value is -0.250. The Bertz CT molecular complexity index is 68.2. The highest BCUT2D eigenvalue weighted by molar-refractivity contribution is 4.64. The summed E-state index contributed by atoms with van der Waals surface area (Å²) in [5, 5.41) is 8.01. The first-order valence-corrected chi connectivity index (χ1v) is 2.02. The summed E-state index contributed by atoms with van der Waals surface area (Å²) < 4.78 is 33.5. The second-order valence-electron chi connectivity index (χ2n) is 1.35. The van der Waals surface area contributed by atoms with Crippen molar-refractivity contribution in [3.63, 3.8) is 0 Å². The molecule has 0 bridgehead atoms. The third-order valence-corrected chi connectivity index (χ3v) is 0.651. The van der Waals surface area contributed by atoms with Gasteiger partial charge in [0.15, 0.2) is 0 Å². The van der Waals surface area contributed by atoms with Crippen LogP contribution in [0.5, 0.6) is 0 Å². The predicted octanol–water partition coefficient (Wildman–Crippen LogP) is 1.13. The summed E-state index contributed by atoms with van der Waals surface area (Å²) in [4.78, 5) is 0. The molecule has 0 rings (SSSR count). The molecule has 4 heteroatoms. The molecule has 0 aromatic heterocycles. The smallest absolute Gasteiger partial charge is 0.384 e. The van der Waals surface area contributed by atoms with Crippen LogP contribution in [-0.4, -0.2) is 17.4 Å². The molecule has 0 aliphatic rings. The maximum atomic E-state index is 11.2. The highest BCUT2D eigenvalue weighted by Crippen LogP contribution is 2.21. The van der Waals surface area contributed by atoms with Crippen LogP contribution in [0.25, 0.3) is 0 Å². The van der Waals surface area contributed by atoms with Crippen LogP contribution in [0.1, 0.15) is 6.42 Å². The summed E-state index contributed by atoms with van der Waals surface area (Å²) in [6, 6.07) is 0. The van der Waals surface area contributed by atoms with E-state index in [0.717, 1.165) is 0 Å². The molecule has 0 aromatic rings. The Morgan fingerprint density at radius 2 is 1.88 bits per heavy atom. The Kier molecular flexibility index (Phi) is 2.27. The van der Waals surface area contributed by atoms with Crippen molar-refractivity contribution >= 4 is 0 Å². The van der Waals surface area contributed by atoms with Crippen LogP contribution < -0.4 is 0 Å². The van der Waals surface area contributed by atoms with Gasteiger partial charge in [-0.1, -0.05) is 6.92 Å². The molecule has 0 saturated carbocycles. The van der Waals surface area contributed by atoms with Gasteiger partial charge in [0.25, 0.3) is 0 Å². The van der Waals surface area contributed by atoms with Gasteiger partial charge in [-0.05, 0) is 6.42 Å². The Morgan fingerprint density at radius 3 is 1.88 bits per heavy atom.